The van der Waals surface area contributed by atoms with Crippen LogP contribution in [0.4, 0.5) is 5.69 Å². The molecule has 4 heteroatoms. The predicted octanol–water partition coefficient (Wildman–Crippen LogP) is 7.05. The van der Waals surface area contributed by atoms with E-state index in [1.807, 2.05) is 54.7 Å². The molecule has 3 aromatic rings. The molecule has 0 aliphatic carbocycles. The minimum atomic E-state index is 0.475. The van der Waals surface area contributed by atoms with E-state index in [1.54, 1.807) is 0 Å². The molecule has 0 fully saturated rings. The van der Waals surface area contributed by atoms with Crippen molar-refractivity contribution in [3.05, 3.63) is 92.4 Å². The van der Waals surface area contributed by atoms with E-state index in [4.69, 9.17) is 16.3 Å². The zero-order chi connectivity index (χ0) is 18.5. The molecule has 3 aromatic carbocycles. The molecule has 2 nitrogen and oxygen atoms in total. The molecule has 0 spiro atoms. The fourth-order valence-electron chi connectivity index (χ4n) is 2.41. The van der Waals surface area contributed by atoms with Gasteiger partial charge in [0.15, 0.2) is 0 Å². The molecule has 0 heterocycles. The van der Waals surface area contributed by atoms with Crippen molar-refractivity contribution in [1.29, 1.82) is 0 Å². The van der Waals surface area contributed by atoms with Crippen LogP contribution in [0.2, 0.25) is 5.02 Å². The van der Waals surface area contributed by atoms with Gasteiger partial charge in [0.1, 0.15) is 12.4 Å². The second-order valence-corrected chi connectivity index (χ2v) is 7.45. The van der Waals surface area contributed by atoms with E-state index in [1.165, 1.54) is 11.1 Å². The van der Waals surface area contributed by atoms with E-state index in [0.717, 1.165) is 21.3 Å². The minimum Gasteiger partial charge on any atom is -0.487 e. The zero-order valence-corrected chi connectivity index (χ0v) is 17.0. The van der Waals surface area contributed by atoms with E-state index in [-0.39, 0.29) is 0 Å². The Morgan fingerprint density at radius 2 is 1.73 bits per heavy atom. The Morgan fingerprint density at radius 1 is 0.962 bits per heavy atom. The molecule has 0 aliphatic heterocycles. The third kappa shape index (κ3) is 4.96. The number of benzene rings is 3. The van der Waals surface area contributed by atoms with Crippen molar-refractivity contribution >= 4 is 39.4 Å². The second kappa shape index (κ2) is 8.52. The number of rotatable bonds is 5. The summed E-state index contributed by atoms with van der Waals surface area (Å²) in [6.07, 6.45) is 1.81. The highest BCUT2D eigenvalue weighted by Crippen LogP contribution is 2.26. The maximum Gasteiger partial charge on any atom is 0.138 e. The molecule has 132 valence electrons. The maximum absolute atomic E-state index is 6.35. The summed E-state index contributed by atoms with van der Waals surface area (Å²) in [7, 11) is 0. The predicted molar refractivity (Wildman–Crippen MR) is 113 cm³/mol. The summed E-state index contributed by atoms with van der Waals surface area (Å²) in [5.74, 6) is 0.665. The van der Waals surface area contributed by atoms with E-state index >= 15 is 0 Å². The van der Waals surface area contributed by atoms with Crippen LogP contribution in [0.3, 0.4) is 0 Å². The van der Waals surface area contributed by atoms with Crippen molar-refractivity contribution in [2.24, 2.45) is 4.99 Å². The van der Waals surface area contributed by atoms with Gasteiger partial charge in [0, 0.05) is 10.7 Å². The van der Waals surface area contributed by atoms with Gasteiger partial charge < -0.3 is 4.74 Å². The average molecular weight is 429 g/mol. The van der Waals surface area contributed by atoms with Crippen LogP contribution in [0.15, 0.2) is 70.1 Å². The number of aliphatic imine (C=N–C) groups is 1. The van der Waals surface area contributed by atoms with Crippen LogP contribution >= 0.6 is 27.5 Å². The number of halogens is 2. The van der Waals surface area contributed by atoms with Crippen molar-refractivity contribution in [3.63, 3.8) is 0 Å². The summed E-state index contributed by atoms with van der Waals surface area (Å²) in [4.78, 5) is 4.52. The van der Waals surface area contributed by atoms with E-state index in [9.17, 15) is 0 Å². The fourth-order valence-corrected chi connectivity index (χ4v) is 2.92. The topological polar surface area (TPSA) is 21.6 Å². The zero-order valence-electron chi connectivity index (χ0n) is 14.7. The van der Waals surface area contributed by atoms with E-state index in [2.05, 4.69) is 46.9 Å². The fraction of sp³-hybridized carbons (Fsp3) is 0.136. The standard InChI is InChI=1S/C22H19BrClNO/c1-15-3-9-20(11-16(15)2)25-13-18-6-10-22(21(24)12-18)26-14-17-4-7-19(23)8-5-17/h3-13H,14H2,1-2H3. The normalized spacial score (nSPS) is 11.1. The molecule has 0 unspecified atom stereocenters. The summed E-state index contributed by atoms with van der Waals surface area (Å²) in [5, 5.41) is 0.575. The molecule has 0 aromatic heterocycles. The first-order valence-corrected chi connectivity index (χ1v) is 9.46. The molecule has 26 heavy (non-hydrogen) atoms. The van der Waals surface area contributed by atoms with Crippen LogP contribution in [0.5, 0.6) is 5.75 Å². The van der Waals surface area contributed by atoms with Gasteiger partial charge >= 0.3 is 0 Å². The lowest BCUT2D eigenvalue weighted by Crippen LogP contribution is -1.96. The first kappa shape index (κ1) is 18.7. The number of ether oxygens (including phenoxy) is 1. The first-order chi connectivity index (χ1) is 12.5. The minimum absolute atomic E-state index is 0.475. The second-order valence-electron chi connectivity index (χ2n) is 6.13. The van der Waals surface area contributed by atoms with Gasteiger partial charge in [-0.15, -0.1) is 0 Å². The van der Waals surface area contributed by atoms with Crippen LogP contribution < -0.4 is 4.74 Å². The van der Waals surface area contributed by atoms with E-state index < -0.39 is 0 Å². The molecular formula is C22H19BrClNO. The Labute approximate surface area is 167 Å². The van der Waals surface area contributed by atoms with Gasteiger partial charge in [0.05, 0.1) is 10.7 Å². The van der Waals surface area contributed by atoms with Crippen molar-refractivity contribution < 1.29 is 4.74 Å². The molecule has 0 amide bonds. The molecule has 3 rings (SSSR count). The third-order valence-corrected chi connectivity index (χ3v) is 4.94. The van der Waals surface area contributed by atoms with Crippen molar-refractivity contribution in [3.8, 4) is 5.75 Å². The summed E-state index contributed by atoms with van der Waals surface area (Å²) in [5.41, 5.74) is 5.45. The number of hydrogen-bond acceptors (Lipinski definition) is 2. The number of hydrogen-bond donors (Lipinski definition) is 0. The van der Waals surface area contributed by atoms with Gasteiger partial charge in [-0.25, -0.2) is 0 Å². The molecule has 0 radical (unpaired) electrons. The van der Waals surface area contributed by atoms with E-state index in [0.29, 0.717) is 17.4 Å². The van der Waals surface area contributed by atoms with Gasteiger partial charge in [0.25, 0.3) is 0 Å². The van der Waals surface area contributed by atoms with Gasteiger partial charge in [-0.05, 0) is 78.6 Å². The summed E-state index contributed by atoms with van der Waals surface area (Å²) in [6, 6.07) is 19.9. The van der Waals surface area contributed by atoms with Gasteiger partial charge in [-0.2, -0.15) is 0 Å². The largest absolute Gasteiger partial charge is 0.487 e. The lowest BCUT2D eigenvalue weighted by Gasteiger charge is -2.09. The van der Waals surface area contributed by atoms with Crippen LogP contribution in [0, 0.1) is 13.8 Å². The highest BCUT2D eigenvalue weighted by atomic mass is 79.9. The Kier molecular flexibility index (Phi) is 6.12. The lowest BCUT2D eigenvalue weighted by atomic mass is 10.1. The number of nitrogens with zero attached hydrogens (tertiary/aromatic N) is 1. The Morgan fingerprint density at radius 3 is 2.42 bits per heavy atom. The molecule has 0 aliphatic rings. The quantitative estimate of drug-likeness (QED) is 0.399. The van der Waals surface area contributed by atoms with Gasteiger partial charge in [-0.1, -0.05) is 45.7 Å². The summed E-state index contributed by atoms with van der Waals surface area (Å²) in [6.45, 7) is 4.65. The van der Waals surface area contributed by atoms with Crippen LogP contribution in [0.25, 0.3) is 0 Å². The monoisotopic (exact) mass is 427 g/mol. The van der Waals surface area contributed by atoms with Crippen molar-refractivity contribution in [2.45, 2.75) is 20.5 Å². The highest BCUT2D eigenvalue weighted by molar-refractivity contribution is 9.10. The van der Waals surface area contributed by atoms with Gasteiger partial charge in [0.2, 0.25) is 0 Å². The summed E-state index contributed by atoms with van der Waals surface area (Å²) < 4.78 is 6.87. The molecule has 0 bridgehead atoms. The van der Waals surface area contributed by atoms with Crippen LogP contribution in [-0.2, 0) is 6.61 Å². The molecule has 0 saturated carbocycles. The number of aryl methyl sites for hydroxylation is 2. The Hall–Kier alpha value is -2.10. The average Bonchev–Trinajstić information content (AvgIpc) is 2.63. The first-order valence-electron chi connectivity index (χ1n) is 8.29. The summed E-state index contributed by atoms with van der Waals surface area (Å²) >= 11 is 9.78. The van der Waals surface area contributed by atoms with Crippen LogP contribution in [0.1, 0.15) is 22.3 Å². The molecule has 0 atom stereocenters. The molecule has 0 N–H and O–H groups in total. The van der Waals surface area contributed by atoms with Crippen molar-refractivity contribution in [1.82, 2.24) is 0 Å². The SMILES string of the molecule is Cc1ccc(N=Cc2ccc(OCc3ccc(Br)cc3)c(Cl)c2)cc1C. The van der Waals surface area contributed by atoms with Gasteiger partial charge in [-0.3, -0.25) is 4.99 Å². The molecule has 0 saturated heterocycles. The van der Waals surface area contributed by atoms with Crippen molar-refractivity contribution in [2.75, 3.05) is 0 Å². The van der Waals surface area contributed by atoms with Crippen LogP contribution in [-0.4, -0.2) is 6.21 Å². The maximum atomic E-state index is 6.35. The molecular weight excluding hydrogens is 410 g/mol. The smallest absolute Gasteiger partial charge is 0.138 e. The Balaban J connectivity index is 1.67. The highest BCUT2D eigenvalue weighted by Gasteiger charge is 2.03. The Bertz CT molecular complexity index is 935. The lowest BCUT2D eigenvalue weighted by molar-refractivity contribution is 0.306. The third-order valence-electron chi connectivity index (χ3n) is 4.12.